The highest BCUT2D eigenvalue weighted by Gasteiger charge is 2.15. The van der Waals surface area contributed by atoms with Gasteiger partial charge in [0.05, 0.1) is 0 Å². The molecule has 1 heterocycles. The summed E-state index contributed by atoms with van der Waals surface area (Å²) in [5.41, 5.74) is 1.96. The van der Waals surface area contributed by atoms with Crippen molar-refractivity contribution < 1.29 is 19.1 Å². The zero-order valence-electron chi connectivity index (χ0n) is 13.2. The zero-order valence-corrected chi connectivity index (χ0v) is 14.0. The van der Waals surface area contributed by atoms with Gasteiger partial charge >= 0.3 is 5.97 Å². The molecule has 0 atom stereocenters. The van der Waals surface area contributed by atoms with Crippen molar-refractivity contribution in [2.75, 3.05) is 6.61 Å². The monoisotopic (exact) mass is 353 g/mol. The fraction of sp³-hybridized carbons (Fsp3) is 0.0526. The third kappa shape index (κ3) is 4.10. The summed E-state index contributed by atoms with van der Waals surface area (Å²) in [5.74, 6) is -0.481. The van der Waals surface area contributed by atoms with Gasteiger partial charge in [0, 0.05) is 5.56 Å². The van der Waals surface area contributed by atoms with Crippen LogP contribution in [0.15, 0.2) is 75.7 Å². The number of hydrogen-bond donors (Lipinski definition) is 1. The van der Waals surface area contributed by atoms with E-state index in [1.807, 2.05) is 30.3 Å². The van der Waals surface area contributed by atoms with Crippen molar-refractivity contribution in [1.82, 2.24) is 4.98 Å². The standard InChI is InChI=1S/C19H15NO4S/c1-2-11-23-15-9-5-3-7-13(15)12-17(18(21)22)25-19-20-14-8-4-6-10-16(14)24-19/h2-10,12H,1,11H2,(H,21,22)/b17-12-. The van der Waals surface area contributed by atoms with Crippen molar-refractivity contribution in [3.63, 3.8) is 0 Å². The Morgan fingerprint density at radius 1 is 1.24 bits per heavy atom. The lowest BCUT2D eigenvalue weighted by Gasteiger charge is -2.07. The van der Waals surface area contributed by atoms with Gasteiger partial charge in [-0.2, -0.15) is 0 Å². The quantitative estimate of drug-likeness (QED) is 0.380. The number of thioether (sulfide) groups is 1. The summed E-state index contributed by atoms with van der Waals surface area (Å²) < 4.78 is 11.1. The Morgan fingerprint density at radius 3 is 2.76 bits per heavy atom. The summed E-state index contributed by atoms with van der Waals surface area (Å²) in [6.07, 6.45) is 3.17. The molecule has 0 saturated carbocycles. The van der Waals surface area contributed by atoms with Gasteiger partial charge in [0.15, 0.2) is 5.58 Å². The molecule has 126 valence electrons. The lowest BCUT2D eigenvalue weighted by Crippen LogP contribution is -1.99. The highest BCUT2D eigenvalue weighted by atomic mass is 32.2. The van der Waals surface area contributed by atoms with Gasteiger partial charge in [-0.15, -0.1) is 0 Å². The fourth-order valence-electron chi connectivity index (χ4n) is 2.14. The maximum atomic E-state index is 11.6. The maximum Gasteiger partial charge on any atom is 0.342 e. The summed E-state index contributed by atoms with van der Waals surface area (Å²) >= 11 is 0.958. The largest absolute Gasteiger partial charge is 0.489 e. The second-order valence-electron chi connectivity index (χ2n) is 5.00. The molecule has 0 fully saturated rings. The molecule has 0 aliphatic heterocycles. The van der Waals surface area contributed by atoms with Crippen LogP contribution in [0.25, 0.3) is 17.2 Å². The van der Waals surface area contributed by atoms with Crippen molar-refractivity contribution in [2.24, 2.45) is 0 Å². The first-order valence-corrected chi connectivity index (χ1v) is 8.30. The Labute approximate surface area is 148 Å². The van der Waals surface area contributed by atoms with Crippen molar-refractivity contribution in [2.45, 2.75) is 5.22 Å². The number of hydrogen-bond acceptors (Lipinski definition) is 5. The minimum Gasteiger partial charge on any atom is -0.489 e. The number of carboxylic acids is 1. The van der Waals surface area contributed by atoms with E-state index in [9.17, 15) is 9.90 Å². The lowest BCUT2D eigenvalue weighted by atomic mass is 10.2. The van der Waals surface area contributed by atoms with Gasteiger partial charge < -0.3 is 14.3 Å². The fourth-order valence-corrected chi connectivity index (χ4v) is 2.88. The van der Waals surface area contributed by atoms with E-state index in [4.69, 9.17) is 9.15 Å². The Hall–Kier alpha value is -2.99. The predicted molar refractivity (Wildman–Crippen MR) is 97.6 cm³/mol. The molecule has 6 heteroatoms. The number of rotatable bonds is 7. The molecule has 5 nitrogen and oxygen atoms in total. The Kier molecular flexibility index (Phi) is 5.20. The summed E-state index contributed by atoms with van der Waals surface area (Å²) in [6, 6.07) is 14.5. The van der Waals surface area contributed by atoms with Crippen LogP contribution in [0.5, 0.6) is 5.75 Å². The highest BCUT2D eigenvalue weighted by molar-refractivity contribution is 8.03. The van der Waals surface area contributed by atoms with E-state index < -0.39 is 5.97 Å². The second kappa shape index (κ2) is 7.72. The molecule has 0 bridgehead atoms. The third-order valence-electron chi connectivity index (χ3n) is 3.24. The average molecular weight is 353 g/mol. The van der Waals surface area contributed by atoms with Gasteiger partial charge in [-0.1, -0.05) is 43.0 Å². The molecule has 25 heavy (non-hydrogen) atoms. The van der Waals surface area contributed by atoms with Crippen LogP contribution in [-0.2, 0) is 4.79 Å². The van der Waals surface area contributed by atoms with Gasteiger partial charge in [-0.05, 0) is 36.0 Å². The number of oxazole rings is 1. The van der Waals surface area contributed by atoms with E-state index in [0.717, 1.165) is 11.8 Å². The van der Waals surface area contributed by atoms with Crippen LogP contribution < -0.4 is 4.74 Å². The molecule has 0 aliphatic rings. The van der Waals surface area contributed by atoms with Crippen molar-refractivity contribution in [3.8, 4) is 5.75 Å². The van der Waals surface area contributed by atoms with E-state index in [2.05, 4.69) is 11.6 Å². The van der Waals surface area contributed by atoms with Crippen molar-refractivity contribution in [1.29, 1.82) is 0 Å². The number of fused-ring (bicyclic) bond motifs is 1. The van der Waals surface area contributed by atoms with Gasteiger partial charge in [0.25, 0.3) is 5.22 Å². The van der Waals surface area contributed by atoms with Gasteiger partial charge in [0.1, 0.15) is 22.8 Å². The summed E-state index contributed by atoms with van der Waals surface area (Å²) in [5, 5.41) is 9.80. The topological polar surface area (TPSA) is 72.6 Å². The molecular weight excluding hydrogens is 338 g/mol. The molecule has 0 unspecified atom stereocenters. The molecule has 0 saturated heterocycles. The smallest absolute Gasteiger partial charge is 0.342 e. The minimum absolute atomic E-state index is 0.0845. The Balaban J connectivity index is 1.92. The number of nitrogens with zero attached hydrogens (tertiary/aromatic N) is 1. The minimum atomic E-state index is -1.06. The molecule has 0 spiro atoms. The molecule has 2 aromatic carbocycles. The molecule has 1 aromatic heterocycles. The van der Waals surface area contributed by atoms with Crippen LogP contribution in [0.4, 0.5) is 0 Å². The number of aromatic nitrogens is 1. The summed E-state index contributed by atoms with van der Waals surface area (Å²) in [4.78, 5) is 16.0. The van der Waals surface area contributed by atoms with E-state index >= 15 is 0 Å². The van der Waals surface area contributed by atoms with Crippen LogP contribution >= 0.6 is 11.8 Å². The van der Waals surface area contributed by atoms with Crippen molar-refractivity contribution in [3.05, 3.63) is 71.7 Å². The number of para-hydroxylation sites is 3. The number of carboxylic acid groups (broad SMARTS) is 1. The molecule has 0 amide bonds. The molecule has 3 aromatic rings. The number of carbonyl (C=O) groups is 1. The Bertz CT molecular complexity index is 912. The van der Waals surface area contributed by atoms with Crippen LogP contribution in [0.1, 0.15) is 5.56 Å². The summed E-state index contributed by atoms with van der Waals surface area (Å²) in [7, 11) is 0. The molecule has 0 radical (unpaired) electrons. The first-order valence-electron chi connectivity index (χ1n) is 7.48. The normalized spacial score (nSPS) is 11.4. The van der Waals surface area contributed by atoms with Crippen LogP contribution in [0.2, 0.25) is 0 Å². The summed E-state index contributed by atoms with van der Waals surface area (Å²) in [6.45, 7) is 3.95. The van der Waals surface area contributed by atoms with Gasteiger partial charge in [-0.3, -0.25) is 0 Å². The average Bonchev–Trinajstić information content (AvgIpc) is 3.02. The van der Waals surface area contributed by atoms with E-state index in [-0.39, 0.29) is 10.1 Å². The maximum absolute atomic E-state index is 11.6. The van der Waals surface area contributed by atoms with Crippen LogP contribution in [-0.4, -0.2) is 22.7 Å². The lowest BCUT2D eigenvalue weighted by molar-refractivity contribution is -0.131. The number of ether oxygens (including phenoxy) is 1. The molecular formula is C19H15NO4S. The number of aliphatic carboxylic acids is 1. The van der Waals surface area contributed by atoms with Crippen molar-refractivity contribution >= 4 is 34.9 Å². The van der Waals surface area contributed by atoms with Crippen LogP contribution in [0, 0.1) is 0 Å². The molecule has 1 N–H and O–H groups in total. The highest BCUT2D eigenvalue weighted by Crippen LogP contribution is 2.32. The van der Waals surface area contributed by atoms with E-state index in [0.29, 0.717) is 29.0 Å². The molecule has 3 rings (SSSR count). The predicted octanol–water partition coefficient (Wildman–Crippen LogP) is 4.61. The zero-order chi connectivity index (χ0) is 17.6. The SMILES string of the molecule is C=CCOc1ccccc1/C=C(\Sc1nc2ccccc2o1)C(=O)O. The number of benzene rings is 2. The first kappa shape index (κ1) is 16.9. The van der Waals surface area contributed by atoms with E-state index in [1.165, 1.54) is 0 Å². The Morgan fingerprint density at radius 2 is 2.00 bits per heavy atom. The van der Waals surface area contributed by atoms with Gasteiger partial charge in [0.2, 0.25) is 0 Å². The second-order valence-corrected chi connectivity index (χ2v) is 5.99. The molecule has 0 aliphatic carbocycles. The van der Waals surface area contributed by atoms with Gasteiger partial charge in [-0.25, -0.2) is 9.78 Å². The first-order chi connectivity index (χ1) is 12.2. The third-order valence-corrected chi connectivity index (χ3v) is 4.11. The van der Waals surface area contributed by atoms with E-state index in [1.54, 1.807) is 30.4 Å². The van der Waals surface area contributed by atoms with Crippen LogP contribution in [0.3, 0.4) is 0 Å².